The first-order chi connectivity index (χ1) is 7.36. The van der Waals surface area contributed by atoms with Crippen LogP contribution < -0.4 is 0 Å². The number of rotatable bonds is 1. The summed E-state index contributed by atoms with van der Waals surface area (Å²) in [6.45, 7) is 6.08. The van der Waals surface area contributed by atoms with E-state index in [1.165, 1.54) is 11.1 Å². The molecule has 2 aromatic rings. The average Bonchev–Trinajstić information content (AvgIpc) is 2.33. The van der Waals surface area contributed by atoms with E-state index in [0.29, 0.717) is 0 Å². The first-order valence-corrected chi connectivity index (χ1v) is 5.20. The lowest BCUT2D eigenvalue weighted by Gasteiger charge is -2.00. The van der Waals surface area contributed by atoms with Crippen molar-refractivity contribution < 1.29 is 0 Å². The molecule has 0 bridgehead atoms. The van der Waals surface area contributed by atoms with Gasteiger partial charge in [0, 0.05) is 5.56 Å². The first kappa shape index (κ1) is 11.4. The predicted molar refractivity (Wildman–Crippen MR) is 63.6 cm³/mol. The second-order valence-corrected chi connectivity index (χ2v) is 3.00. The highest BCUT2D eigenvalue weighted by molar-refractivity contribution is 5.62. The molecule has 0 atom stereocenters. The van der Waals surface area contributed by atoms with Gasteiger partial charge in [0.1, 0.15) is 0 Å². The molecular formula is C13H16N2. The summed E-state index contributed by atoms with van der Waals surface area (Å²) in [5.41, 5.74) is 3.56. The maximum absolute atomic E-state index is 3.84. The van der Waals surface area contributed by atoms with Crippen molar-refractivity contribution in [2.24, 2.45) is 0 Å². The minimum absolute atomic E-state index is 1.11. The normalized spacial score (nSPS) is 9.00. The Morgan fingerprint density at radius 1 is 0.933 bits per heavy atom. The number of benzene rings is 1. The lowest BCUT2D eigenvalue weighted by molar-refractivity contribution is 1.03. The summed E-state index contributed by atoms with van der Waals surface area (Å²) < 4.78 is 0. The van der Waals surface area contributed by atoms with Crippen molar-refractivity contribution in [1.29, 1.82) is 0 Å². The fourth-order valence-corrected chi connectivity index (χ4v) is 1.29. The summed E-state index contributed by atoms with van der Waals surface area (Å²) in [4.78, 5) is 0. The molecule has 0 radical (unpaired) electrons. The lowest BCUT2D eigenvalue weighted by atomic mass is 10.1. The van der Waals surface area contributed by atoms with Gasteiger partial charge in [-0.1, -0.05) is 43.7 Å². The molecule has 15 heavy (non-hydrogen) atoms. The monoisotopic (exact) mass is 200 g/mol. The second kappa shape index (κ2) is 5.91. The first-order valence-electron chi connectivity index (χ1n) is 5.20. The van der Waals surface area contributed by atoms with Crippen LogP contribution in [-0.4, -0.2) is 10.2 Å². The molecule has 0 spiro atoms. The SMILES string of the molecule is CC.Cc1cccc(-c2ccnnc2)c1. The third kappa shape index (κ3) is 3.17. The highest BCUT2D eigenvalue weighted by Gasteiger charge is 1.95. The molecule has 0 aliphatic carbocycles. The van der Waals surface area contributed by atoms with E-state index in [0.717, 1.165) is 5.56 Å². The molecule has 0 saturated heterocycles. The standard InChI is InChI=1S/C11H10N2.C2H6/c1-9-3-2-4-10(7-9)11-5-6-12-13-8-11;1-2/h2-8H,1H3;1-2H3. The summed E-state index contributed by atoms with van der Waals surface area (Å²) in [5.74, 6) is 0. The van der Waals surface area contributed by atoms with Gasteiger partial charge < -0.3 is 0 Å². The molecule has 1 aromatic heterocycles. The van der Waals surface area contributed by atoms with E-state index in [1.807, 2.05) is 26.0 Å². The molecular weight excluding hydrogens is 184 g/mol. The van der Waals surface area contributed by atoms with Crippen LogP contribution in [0.15, 0.2) is 42.7 Å². The van der Waals surface area contributed by atoms with E-state index in [9.17, 15) is 0 Å². The molecule has 2 nitrogen and oxygen atoms in total. The predicted octanol–water partition coefficient (Wildman–Crippen LogP) is 3.48. The molecule has 0 aliphatic heterocycles. The molecule has 2 heteroatoms. The van der Waals surface area contributed by atoms with Crippen molar-refractivity contribution in [2.75, 3.05) is 0 Å². The molecule has 0 amide bonds. The molecule has 2 rings (SSSR count). The summed E-state index contributed by atoms with van der Waals surface area (Å²) >= 11 is 0. The number of aryl methyl sites for hydroxylation is 1. The zero-order chi connectivity index (χ0) is 11.1. The van der Waals surface area contributed by atoms with Crippen LogP contribution in [0.2, 0.25) is 0 Å². The summed E-state index contributed by atoms with van der Waals surface area (Å²) in [6, 6.07) is 10.3. The van der Waals surface area contributed by atoms with Gasteiger partial charge in [-0.2, -0.15) is 10.2 Å². The quantitative estimate of drug-likeness (QED) is 0.704. The van der Waals surface area contributed by atoms with Gasteiger partial charge in [0.05, 0.1) is 12.4 Å². The number of hydrogen-bond acceptors (Lipinski definition) is 2. The van der Waals surface area contributed by atoms with E-state index >= 15 is 0 Å². The highest BCUT2D eigenvalue weighted by Crippen LogP contribution is 2.17. The Bertz CT molecular complexity index is 396. The van der Waals surface area contributed by atoms with Gasteiger partial charge in [-0.15, -0.1) is 0 Å². The Kier molecular flexibility index (Phi) is 4.48. The van der Waals surface area contributed by atoms with Crippen LogP contribution >= 0.6 is 0 Å². The number of hydrogen-bond donors (Lipinski definition) is 0. The van der Waals surface area contributed by atoms with Crippen LogP contribution in [0.25, 0.3) is 11.1 Å². The zero-order valence-corrected chi connectivity index (χ0v) is 9.44. The van der Waals surface area contributed by atoms with Crippen LogP contribution in [0.1, 0.15) is 19.4 Å². The van der Waals surface area contributed by atoms with E-state index in [2.05, 4.69) is 35.3 Å². The van der Waals surface area contributed by atoms with Gasteiger partial charge in [-0.3, -0.25) is 0 Å². The Morgan fingerprint density at radius 2 is 1.73 bits per heavy atom. The van der Waals surface area contributed by atoms with Gasteiger partial charge in [0.15, 0.2) is 0 Å². The van der Waals surface area contributed by atoms with Crippen LogP contribution in [0.4, 0.5) is 0 Å². The third-order valence-corrected chi connectivity index (χ3v) is 1.94. The molecule has 0 N–H and O–H groups in total. The van der Waals surface area contributed by atoms with Crippen LogP contribution in [-0.2, 0) is 0 Å². The fourth-order valence-electron chi connectivity index (χ4n) is 1.29. The molecule has 1 heterocycles. The summed E-state index contributed by atoms with van der Waals surface area (Å²) in [7, 11) is 0. The van der Waals surface area contributed by atoms with E-state index in [4.69, 9.17) is 0 Å². The average molecular weight is 200 g/mol. The van der Waals surface area contributed by atoms with Crippen molar-refractivity contribution in [2.45, 2.75) is 20.8 Å². The number of nitrogens with zero attached hydrogens (tertiary/aromatic N) is 2. The second-order valence-electron chi connectivity index (χ2n) is 3.00. The molecule has 78 valence electrons. The molecule has 0 aliphatic rings. The lowest BCUT2D eigenvalue weighted by Crippen LogP contribution is -1.82. The Balaban J connectivity index is 0.000000531. The molecule has 1 aromatic carbocycles. The third-order valence-electron chi connectivity index (χ3n) is 1.94. The van der Waals surface area contributed by atoms with Crippen molar-refractivity contribution in [3.05, 3.63) is 48.3 Å². The number of aromatic nitrogens is 2. The maximum Gasteiger partial charge on any atom is 0.0574 e. The van der Waals surface area contributed by atoms with Gasteiger partial charge in [0.2, 0.25) is 0 Å². The van der Waals surface area contributed by atoms with E-state index < -0.39 is 0 Å². The summed E-state index contributed by atoms with van der Waals surface area (Å²) in [6.07, 6.45) is 3.48. The van der Waals surface area contributed by atoms with Crippen LogP contribution in [0.5, 0.6) is 0 Å². The van der Waals surface area contributed by atoms with Crippen molar-refractivity contribution in [1.82, 2.24) is 10.2 Å². The Hall–Kier alpha value is -1.70. The fraction of sp³-hybridized carbons (Fsp3) is 0.231. The van der Waals surface area contributed by atoms with Crippen LogP contribution in [0.3, 0.4) is 0 Å². The van der Waals surface area contributed by atoms with Gasteiger partial charge in [-0.05, 0) is 18.6 Å². The molecule has 0 fully saturated rings. The molecule has 0 unspecified atom stereocenters. The van der Waals surface area contributed by atoms with Gasteiger partial charge >= 0.3 is 0 Å². The van der Waals surface area contributed by atoms with Gasteiger partial charge in [0.25, 0.3) is 0 Å². The van der Waals surface area contributed by atoms with Crippen molar-refractivity contribution in [3.63, 3.8) is 0 Å². The van der Waals surface area contributed by atoms with E-state index in [1.54, 1.807) is 12.4 Å². The molecule has 0 saturated carbocycles. The smallest absolute Gasteiger partial charge is 0.0574 e. The minimum Gasteiger partial charge on any atom is -0.159 e. The minimum atomic E-state index is 1.11. The largest absolute Gasteiger partial charge is 0.159 e. The highest BCUT2D eigenvalue weighted by atomic mass is 15.1. The maximum atomic E-state index is 3.84. The van der Waals surface area contributed by atoms with E-state index in [-0.39, 0.29) is 0 Å². The van der Waals surface area contributed by atoms with Crippen molar-refractivity contribution >= 4 is 0 Å². The Morgan fingerprint density at radius 3 is 2.33 bits per heavy atom. The zero-order valence-electron chi connectivity index (χ0n) is 9.44. The Labute approximate surface area is 91.0 Å². The summed E-state index contributed by atoms with van der Waals surface area (Å²) in [5, 5.41) is 7.58. The van der Waals surface area contributed by atoms with Crippen molar-refractivity contribution in [3.8, 4) is 11.1 Å². The van der Waals surface area contributed by atoms with Crippen LogP contribution in [0, 0.1) is 6.92 Å². The van der Waals surface area contributed by atoms with Gasteiger partial charge in [-0.25, -0.2) is 0 Å². The topological polar surface area (TPSA) is 25.8 Å².